The first-order chi connectivity index (χ1) is 12.6. The Morgan fingerprint density at radius 3 is 2.56 bits per heavy atom. The molecule has 0 saturated heterocycles. The molecule has 1 unspecified atom stereocenters. The number of methoxy groups -OCH3 is 1. The Kier molecular flexibility index (Phi) is 6.16. The van der Waals surface area contributed by atoms with Gasteiger partial charge in [0, 0.05) is 23.5 Å². The topological polar surface area (TPSA) is 107 Å². The van der Waals surface area contributed by atoms with Crippen molar-refractivity contribution in [3.05, 3.63) is 41.1 Å². The number of aromatic nitrogens is 2. The lowest BCUT2D eigenvalue weighted by Crippen LogP contribution is -2.20. The average Bonchev–Trinajstić information content (AvgIpc) is 2.91. The highest BCUT2D eigenvalue weighted by molar-refractivity contribution is 7.99. The van der Waals surface area contributed by atoms with Gasteiger partial charge in [0.2, 0.25) is 0 Å². The average molecular weight is 403 g/mol. The summed E-state index contributed by atoms with van der Waals surface area (Å²) in [6.45, 7) is 0. The van der Waals surface area contributed by atoms with Gasteiger partial charge in [-0.15, -0.1) is 0 Å². The number of nitrogens with two attached hydrogens (primary N) is 1. The van der Waals surface area contributed by atoms with Gasteiger partial charge in [-0.3, -0.25) is 9.48 Å². The highest BCUT2D eigenvalue weighted by Gasteiger charge is 2.41. The van der Waals surface area contributed by atoms with Crippen molar-refractivity contribution >= 4 is 23.7 Å². The van der Waals surface area contributed by atoms with Crippen LogP contribution in [0.3, 0.4) is 0 Å². The van der Waals surface area contributed by atoms with Gasteiger partial charge >= 0.3 is 18.1 Å². The summed E-state index contributed by atoms with van der Waals surface area (Å²) in [5.41, 5.74) is 4.21. The van der Waals surface area contributed by atoms with Crippen molar-refractivity contribution < 1.29 is 32.6 Å². The van der Waals surface area contributed by atoms with Crippen LogP contribution in [0.5, 0.6) is 0 Å². The minimum absolute atomic E-state index is 0.00701. The number of carboxylic acids is 1. The first-order valence-electron chi connectivity index (χ1n) is 7.53. The molecule has 0 aliphatic heterocycles. The summed E-state index contributed by atoms with van der Waals surface area (Å²) < 4.78 is 45.8. The quantitative estimate of drug-likeness (QED) is 0.714. The molecule has 0 amide bonds. The Bertz CT molecular complexity index is 867. The molecule has 0 aliphatic rings. The van der Waals surface area contributed by atoms with Crippen molar-refractivity contribution in [2.24, 2.45) is 12.8 Å². The number of carbonyl (C=O) groups excluding carboxylic acids is 1. The van der Waals surface area contributed by atoms with Gasteiger partial charge in [0.25, 0.3) is 0 Å². The Hall–Kier alpha value is -2.53. The maximum absolute atomic E-state index is 13.4. The van der Waals surface area contributed by atoms with Crippen LogP contribution in [0.4, 0.5) is 13.2 Å². The largest absolute Gasteiger partial charge is 0.481 e. The van der Waals surface area contributed by atoms with E-state index in [2.05, 4.69) is 9.84 Å². The molecule has 1 atom stereocenters. The molecule has 0 spiro atoms. The number of rotatable bonds is 6. The van der Waals surface area contributed by atoms with Crippen LogP contribution in [-0.2, 0) is 22.8 Å². The molecular formula is C16H16F3N3O4S. The van der Waals surface area contributed by atoms with E-state index in [1.807, 2.05) is 0 Å². The molecule has 0 bridgehead atoms. The summed E-state index contributed by atoms with van der Waals surface area (Å²) >= 11 is 0.830. The SMILES string of the molecule is COC(=O)c1ccccc1Sc1c(C(N)CC(=O)O)c(C(F)(F)F)nn1C. The van der Waals surface area contributed by atoms with E-state index in [9.17, 15) is 22.8 Å². The number of aliphatic carboxylic acids is 1. The first-order valence-corrected chi connectivity index (χ1v) is 8.34. The van der Waals surface area contributed by atoms with Gasteiger partial charge < -0.3 is 15.6 Å². The number of carbonyl (C=O) groups is 2. The lowest BCUT2D eigenvalue weighted by atomic mass is 10.1. The Labute approximate surface area is 156 Å². The second kappa shape index (κ2) is 8.01. The fourth-order valence-electron chi connectivity index (χ4n) is 2.42. The second-order valence-corrected chi connectivity index (χ2v) is 6.51. The fraction of sp³-hybridized carbons (Fsp3) is 0.312. The van der Waals surface area contributed by atoms with Crippen LogP contribution >= 0.6 is 11.8 Å². The van der Waals surface area contributed by atoms with Crippen molar-refractivity contribution in [1.29, 1.82) is 0 Å². The second-order valence-electron chi connectivity index (χ2n) is 5.48. The Morgan fingerprint density at radius 2 is 2.00 bits per heavy atom. The first kappa shape index (κ1) is 20.8. The van der Waals surface area contributed by atoms with E-state index in [0.29, 0.717) is 4.90 Å². The zero-order valence-electron chi connectivity index (χ0n) is 14.3. The number of carboxylic acid groups (broad SMARTS) is 1. The van der Waals surface area contributed by atoms with E-state index in [0.717, 1.165) is 16.4 Å². The molecule has 0 aliphatic carbocycles. The van der Waals surface area contributed by atoms with Gasteiger partial charge in [0.05, 0.1) is 19.1 Å². The van der Waals surface area contributed by atoms with E-state index < -0.39 is 41.8 Å². The molecule has 3 N–H and O–H groups in total. The third-order valence-corrected chi connectivity index (χ3v) is 4.82. The van der Waals surface area contributed by atoms with Crippen LogP contribution < -0.4 is 5.73 Å². The highest BCUT2D eigenvalue weighted by Crippen LogP contribution is 2.42. The predicted octanol–water partition coefficient (Wildman–Crippen LogP) is 2.85. The third kappa shape index (κ3) is 4.61. The molecule has 146 valence electrons. The number of alkyl halides is 3. The molecule has 2 rings (SSSR count). The maximum Gasteiger partial charge on any atom is 0.435 e. The standard InChI is InChI=1S/C16H16F3N3O4S/c1-22-14(27-10-6-4-3-5-8(10)15(25)26-2)12(9(20)7-11(23)24)13(21-22)16(17,18)19/h3-6,9H,7,20H2,1-2H3,(H,23,24). The lowest BCUT2D eigenvalue weighted by Gasteiger charge is -2.15. The molecule has 1 aromatic heterocycles. The van der Waals surface area contributed by atoms with E-state index in [1.54, 1.807) is 12.1 Å². The normalized spacial score (nSPS) is 12.7. The van der Waals surface area contributed by atoms with Crippen molar-refractivity contribution in [2.75, 3.05) is 7.11 Å². The van der Waals surface area contributed by atoms with Crippen LogP contribution in [0.25, 0.3) is 0 Å². The Morgan fingerprint density at radius 1 is 1.37 bits per heavy atom. The number of aryl methyl sites for hydroxylation is 1. The van der Waals surface area contributed by atoms with Crippen LogP contribution in [-0.4, -0.2) is 33.9 Å². The van der Waals surface area contributed by atoms with Gasteiger partial charge in [-0.25, -0.2) is 4.79 Å². The number of esters is 1. The summed E-state index contributed by atoms with van der Waals surface area (Å²) in [6.07, 6.45) is -5.52. The number of nitrogens with zero attached hydrogens (tertiary/aromatic N) is 2. The van der Waals surface area contributed by atoms with Crippen molar-refractivity contribution in [1.82, 2.24) is 9.78 Å². The molecule has 11 heteroatoms. The molecule has 0 radical (unpaired) electrons. The summed E-state index contributed by atoms with van der Waals surface area (Å²) in [5.74, 6) is -2.00. The van der Waals surface area contributed by atoms with Gasteiger partial charge in [-0.05, 0) is 12.1 Å². The van der Waals surface area contributed by atoms with Crippen LogP contribution in [0, 0.1) is 0 Å². The molecule has 7 nitrogen and oxygen atoms in total. The highest BCUT2D eigenvalue weighted by atomic mass is 32.2. The minimum atomic E-state index is -4.82. The summed E-state index contributed by atoms with van der Waals surface area (Å²) in [6, 6.07) is 4.75. The summed E-state index contributed by atoms with van der Waals surface area (Å²) in [4.78, 5) is 23.2. The number of ether oxygens (including phenoxy) is 1. The molecular weight excluding hydrogens is 387 g/mol. The Balaban J connectivity index is 2.59. The fourth-order valence-corrected chi connectivity index (χ4v) is 3.57. The third-order valence-electron chi connectivity index (χ3n) is 3.56. The van der Waals surface area contributed by atoms with Gasteiger partial charge in [0.15, 0.2) is 5.69 Å². The molecule has 1 heterocycles. The number of hydrogen-bond acceptors (Lipinski definition) is 6. The summed E-state index contributed by atoms with van der Waals surface area (Å²) in [7, 11) is 2.47. The van der Waals surface area contributed by atoms with Crippen LogP contribution in [0.15, 0.2) is 34.2 Å². The lowest BCUT2D eigenvalue weighted by molar-refractivity contribution is -0.143. The van der Waals surface area contributed by atoms with Crippen molar-refractivity contribution in [3.63, 3.8) is 0 Å². The summed E-state index contributed by atoms with van der Waals surface area (Å²) in [5, 5.41) is 12.4. The van der Waals surface area contributed by atoms with Gasteiger partial charge in [-0.1, -0.05) is 23.9 Å². The van der Waals surface area contributed by atoms with Gasteiger partial charge in [-0.2, -0.15) is 18.3 Å². The monoisotopic (exact) mass is 403 g/mol. The number of hydrogen-bond donors (Lipinski definition) is 2. The van der Waals surface area contributed by atoms with Gasteiger partial charge in [0.1, 0.15) is 5.03 Å². The van der Waals surface area contributed by atoms with Crippen molar-refractivity contribution in [2.45, 2.75) is 28.6 Å². The zero-order valence-corrected chi connectivity index (χ0v) is 15.1. The van der Waals surface area contributed by atoms with E-state index in [-0.39, 0.29) is 10.6 Å². The predicted molar refractivity (Wildman–Crippen MR) is 89.3 cm³/mol. The number of halogens is 3. The molecule has 0 fully saturated rings. The van der Waals surface area contributed by atoms with Crippen LogP contribution in [0.1, 0.15) is 34.1 Å². The van der Waals surface area contributed by atoms with E-state index in [1.165, 1.54) is 26.3 Å². The zero-order chi connectivity index (χ0) is 20.4. The van der Waals surface area contributed by atoms with E-state index >= 15 is 0 Å². The van der Waals surface area contributed by atoms with Crippen LogP contribution in [0.2, 0.25) is 0 Å². The molecule has 2 aromatic rings. The smallest absolute Gasteiger partial charge is 0.435 e. The molecule has 1 aromatic carbocycles. The van der Waals surface area contributed by atoms with Crippen molar-refractivity contribution in [3.8, 4) is 0 Å². The van der Waals surface area contributed by atoms with E-state index in [4.69, 9.17) is 10.8 Å². The molecule has 27 heavy (non-hydrogen) atoms. The minimum Gasteiger partial charge on any atom is -0.481 e. The molecule has 0 saturated carbocycles. The number of benzene rings is 1. The maximum atomic E-state index is 13.4.